The quantitative estimate of drug-likeness (QED) is 0.746. The topological polar surface area (TPSA) is 25.2 Å². The molecule has 0 radical (unpaired) electrons. The summed E-state index contributed by atoms with van der Waals surface area (Å²) in [5, 5.41) is 9.36. The van der Waals surface area contributed by atoms with Gasteiger partial charge in [0.2, 0.25) is 0 Å². The van der Waals surface area contributed by atoms with Crippen LogP contribution in [-0.2, 0) is 6.54 Å². The van der Waals surface area contributed by atoms with Crippen LogP contribution in [0.15, 0.2) is 30.5 Å². The second-order valence-corrected chi connectivity index (χ2v) is 2.91. The molecule has 0 fully saturated rings. The predicted octanol–water partition coefficient (Wildman–Crippen LogP) is 1.77. The summed E-state index contributed by atoms with van der Waals surface area (Å²) in [4.78, 5) is 0. The number of rotatable bonds is 2. The Balaban J connectivity index is 2.61. The maximum Gasteiger partial charge on any atom is 0.132 e. The van der Waals surface area contributed by atoms with Crippen molar-refractivity contribution in [2.75, 3.05) is 6.61 Å². The third kappa shape index (κ3) is 1.31. The summed E-state index contributed by atoms with van der Waals surface area (Å²) < 4.78 is 15.0. The fourth-order valence-corrected chi connectivity index (χ4v) is 1.49. The minimum Gasteiger partial charge on any atom is -0.395 e. The zero-order valence-corrected chi connectivity index (χ0v) is 7.07. The van der Waals surface area contributed by atoms with Crippen LogP contribution in [0, 0.1) is 5.82 Å². The van der Waals surface area contributed by atoms with Gasteiger partial charge in [-0.15, -0.1) is 0 Å². The fourth-order valence-electron chi connectivity index (χ4n) is 1.49. The first-order chi connectivity index (χ1) is 6.33. The Bertz CT molecular complexity index is 422. The van der Waals surface area contributed by atoms with Crippen molar-refractivity contribution in [3.05, 3.63) is 36.3 Å². The van der Waals surface area contributed by atoms with E-state index in [1.165, 1.54) is 6.07 Å². The highest BCUT2D eigenvalue weighted by molar-refractivity contribution is 5.80. The van der Waals surface area contributed by atoms with Crippen LogP contribution in [0.25, 0.3) is 10.9 Å². The van der Waals surface area contributed by atoms with Gasteiger partial charge in [-0.1, -0.05) is 6.07 Å². The van der Waals surface area contributed by atoms with Crippen LogP contribution in [0.3, 0.4) is 0 Å². The molecular formula is C10H10FNO. The first-order valence-corrected chi connectivity index (χ1v) is 4.17. The van der Waals surface area contributed by atoms with Gasteiger partial charge >= 0.3 is 0 Å². The van der Waals surface area contributed by atoms with Crippen molar-refractivity contribution in [2.24, 2.45) is 0 Å². The van der Waals surface area contributed by atoms with Crippen molar-refractivity contribution in [3.8, 4) is 0 Å². The third-order valence-corrected chi connectivity index (χ3v) is 2.10. The average Bonchev–Trinajstić information content (AvgIpc) is 2.51. The molecule has 0 atom stereocenters. The molecule has 2 aromatic rings. The number of benzene rings is 1. The standard InChI is InChI=1S/C10H10FNO/c11-9-2-1-3-10-8(9)4-5-12(10)6-7-13/h1-5,13H,6-7H2. The lowest BCUT2D eigenvalue weighted by Crippen LogP contribution is -1.99. The van der Waals surface area contributed by atoms with Crippen LogP contribution < -0.4 is 0 Å². The van der Waals surface area contributed by atoms with Gasteiger partial charge in [-0.05, 0) is 18.2 Å². The van der Waals surface area contributed by atoms with Crippen LogP contribution >= 0.6 is 0 Å². The smallest absolute Gasteiger partial charge is 0.132 e. The molecule has 0 spiro atoms. The number of aromatic nitrogens is 1. The normalized spacial score (nSPS) is 10.9. The predicted molar refractivity (Wildman–Crippen MR) is 49.0 cm³/mol. The second kappa shape index (κ2) is 3.18. The third-order valence-electron chi connectivity index (χ3n) is 2.10. The van der Waals surface area contributed by atoms with Crippen molar-refractivity contribution in [3.63, 3.8) is 0 Å². The van der Waals surface area contributed by atoms with Gasteiger partial charge in [0.05, 0.1) is 12.1 Å². The zero-order chi connectivity index (χ0) is 9.26. The Morgan fingerprint density at radius 2 is 2.15 bits per heavy atom. The van der Waals surface area contributed by atoms with Crippen LogP contribution in [0.1, 0.15) is 0 Å². The first kappa shape index (κ1) is 8.26. The first-order valence-electron chi connectivity index (χ1n) is 4.17. The summed E-state index contributed by atoms with van der Waals surface area (Å²) in [7, 11) is 0. The van der Waals surface area contributed by atoms with Gasteiger partial charge in [-0.2, -0.15) is 0 Å². The highest BCUT2D eigenvalue weighted by atomic mass is 19.1. The maximum atomic E-state index is 13.2. The lowest BCUT2D eigenvalue weighted by molar-refractivity contribution is 0.278. The minimum absolute atomic E-state index is 0.0697. The number of nitrogens with zero attached hydrogens (tertiary/aromatic N) is 1. The van der Waals surface area contributed by atoms with Gasteiger partial charge in [0.15, 0.2) is 0 Å². The lowest BCUT2D eigenvalue weighted by Gasteiger charge is -2.01. The number of hydrogen-bond acceptors (Lipinski definition) is 1. The molecular weight excluding hydrogens is 169 g/mol. The van der Waals surface area contributed by atoms with Crippen LogP contribution in [0.5, 0.6) is 0 Å². The van der Waals surface area contributed by atoms with Gasteiger partial charge < -0.3 is 9.67 Å². The maximum absolute atomic E-state index is 13.2. The molecule has 3 heteroatoms. The SMILES string of the molecule is OCCn1ccc2c(F)cccc21. The van der Waals surface area contributed by atoms with Gasteiger partial charge in [-0.25, -0.2) is 4.39 Å². The number of halogens is 1. The summed E-state index contributed by atoms with van der Waals surface area (Å²) in [6.45, 7) is 0.577. The van der Waals surface area contributed by atoms with E-state index in [0.717, 1.165) is 5.52 Å². The molecule has 0 aliphatic rings. The van der Waals surface area contributed by atoms with E-state index in [1.54, 1.807) is 18.3 Å². The van der Waals surface area contributed by atoms with Gasteiger partial charge in [0.1, 0.15) is 5.82 Å². The van der Waals surface area contributed by atoms with E-state index in [1.807, 2.05) is 10.6 Å². The van der Waals surface area contributed by atoms with E-state index >= 15 is 0 Å². The molecule has 0 aliphatic heterocycles. The lowest BCUT2D eigenvalue weighted by atomic mass is 10.2. The molecule has 2 rings (SSSR count). The van der Waals surface area contributed by atoms with E-state index in [-0.39, 0.29) is 12.4 Å². The van der Waals surface area contributed by atoms with E-state index in [2.05, 4.69) is 0 Å². The molecule has 0 unspecified atom stereocenters. The molecule has 0 bridgehead atoms. The molecule has 2 nitrogen and oxygen atoms in total. The summed E-state index contributed by atoms with van der Waals surface area (Å²) in [5.74, 6) is -0.214. The largest absolute Gasteiger partial charge is 0.395 e. The number of aliphatic hydroxyl groups is 1. The van der Waals surface area contributed by atoms with Gasteiger partial charge in [0.25, 0.3) is 0 Å². The molecule has 68 valence electrons. The Kier molecular flexibility index (Phi) is 2.02. The van der Waals surface area contributed by atoms with E-state index in [9.17, 15) is 4.39 Å². The van der Waals surface area contributed by atoms with Crippen LogP contribution in [0.2, 0.25) is 0 Å². The monoisotopic (exact) mass is 179 g/mol. The molecule has 1 N–H and O–H groups in total. The Labute approximate surface area is 75.2 Å². The number of fused-ring (bicyclic) bond motifs is 1. The second-order valence-electron chi connectivity index (χ2n) is 2.91. The average molecular weight is 179 g/mol. The summed E-state index contributed by atoms with van der Waals surface area (Å²) in [6.07, 6.45) is 1.78. The summed E-state index contributed by atoms with van der Waals surface area (Å²) >= 11 is 0. The van der Waals surface area contributed by atoms with Gasteiger partial charge in [0, 0.05) is 18.1 Å². The number of aliphatic hydroxyl groups excluding tert-OH is 1. The van der Waals surface area contributed by atoms with Crippen molar-refractivity contribution < 1.29 is 9.50 Å². The molecule has 0 saturated heterocycles. The molecule has 0 saturated carbocycles. The van der Waals surface area contributed by atoms with Crippen LogP contribution in [-0.4, -0.2) is 16.3 Å². The summed E-state index contributed by atoms with van der Waals surface area (Å²) in [5.41, 5.74) is 0.828. The van der Waals surface area contributed by atoms with Crippen molar-refractivity contribution in [2.45, 2.75) is 6.54 Å². The van der Waals surface area contributed by atoms with Crippen molar-refractivity contribution in [1.29, 1.82) is 0 Å². The molecule has 0 aliphatic carbocycles. The van der Waals surface area contributed by atoms with E-state index < -0.39 is 0 Å². The van der Waals surface area contributed by atoms with Gasteiger partial charge in [-0.3, -0.25) is 0 Å². The molecule has 1 aromatic heterocycles. The molecule has 0 amide bonds. The van der Waals surface area contributed by atoms with E-state index in [4.69, 9.17) is 5.11 Å². The van der Waals surface area contributed by atoms with Crippen molar-refractivity contribution in [1.82, 2.24) is 4.57 Å². The Morgan fingerprint density at radius 1 is 1.31 bits per heavy atom. The van der Waals surface area contributed by atoms with Crippen molar-refractivity contribution >= 4 is 10.9 Å². The Hall–Kier alpha value is -1.35. The highest BCUT2D eigenvalue weighted by Gasteiger charge is 2.03. The highest BCUT2D eigenvalue weighted by Crippen LogP contribution is 2.18. The summed E-state index contributed by atoms with van der Waals surface area (Å²) in [6, 6.07) is 6.67. The molecule has 1 heterocycles. The fraction of sp³-hybridized carbons (Fsp3) is 0.200. The number of hydrogen-bond donors (Lipinski definition) is 1. The Morgan fingerprint density at radius 3 is 2.92 bits per heavy atom. The zero-order valence-electron chi connectivity index (χ0n) is 7.07. The minimum atomic E-state index is -0.214. The van der Waals surface area contributed by atoms with Crippen LogP contribution in [0.4, 0.5) is 4.39 Å². The molecule has 1 aromatic carbocycles. The molecule has 13 heavy (non-hydrogen) atoms. The van der Waals surface area contributed by atoms with E-state index in [0.29, 0.717) is 11.9 Å².